The van der Waals surface area contributed by atoms with Crippen molar-refractivity contribution in [1.82, 2.24) is 0 Å². The summed E-state index contributed by atoms with van der Waals surface area (Å²) in [6.45, 7) is 5.47. The number of anilines is 1. The number of nitriles is 1. The molecule has 0 aromatic heterocycles. The summed E-state index contributed by atoms with van der Waals surface area (Å²) in [5.41, 5.74) is 1.69. The molecular formula is C13H15ClN2. The van der Waals surface area contributed by atoms with Gasteiger partial charge in [0, 0.05) is 17.6 Å². The Morgan fingerprint density at radius 2 is 2.19 bits per heavy atom. The third-order valence-corrected chi connectivity index (χ3v) is 3.77. The van der Waals surface area contributed by atoms with E-state index >= 15 is 0 Å². The average Bonchev–Trinajstić information content (AvgIpc) is 2.60. The molecule has 0 N–H and O–H groups in total. The summed E-state index contributed by atoms with van der Waals surface area (Å²) in [6.07, 6.45) is 1.18. The Labute approximate surface area is 101 Å². The number of hydrogen-bond donors (Lipinski definition) is 0. The van der Waals surface area contributed by atoms with Crippen LogP contribution >= 0.6 is 11.6 Å². The highest BCUT2D eigenvalue weighted by molar-refractivity contribution is 6.30. The van der Waals surface area contributed by atoms with Crippen LogP contribution in [0.2, 0.25) is 5.02 Å². The highest BCUT2D eigenvalue weighted by Crippen LogP contribution is 2.33. The van der Waals surface area contributed by atoms with Crippen LogP contribution in [-0.2, 0) is 0 Å². The van der Waals surface area contributed by atoms with Gasteiger partial charge in [0.15, 0.2) is 0 Å². The Balaban J connectivity index is 2.40. The molecule has 0 amide bonds. The van der Waals surface area contributed by atoms with E-state index in [-0.39, 0.29) is 0 Å². The predicted octanol–water partition coefficient (Wildman–Crippen LogP) is 3.45. The molecule has 2 atom stereocenters. The summed E-state index contributed by atoms with van der Waals surface area (Å²) >= 11 is 6.00. The Hall–Kier alpha value is -1.20. The van der Waals surface area contributed by atoms with Gasteiger partial charge >= 0.3 is 0 Å². The van der Waals surface area contributed by atoms with Crippen molar-refractivity contribution >= 4 is 17.3 Å². The van der Waals surface area contributed by atoms with E-state index < -0.39 is 0 Å². The molecule has 0 radical (unpaired) electrons. The van der Waals surface area contributed by atoms with Crippen molar-refractivity contribution in [2.75, 3.05) is 11.4 Å². The van der Waals surface area contributed by atoms with Crippen LogP contribution in [0.4, 0.5) is 5.69 Å². The molecule has 16 heavy (non-hydrogen) atoms. The zero-order chi connectivity index (χ0) is 11.7. The van der Waals surface area contributed by atoms with Crippen molar-refractivity contribution in [2.24, 2.45) is 5.92 Å². The van der Waals surface area contributed by atoms with E-state index in [0.29, 0.717) is 22.5 Å². The fourth-order valence-corrected chi connectivity index (χ4v) is 2.44. The molecule has 0 saturated carbocycles. The van der Waals surface area contributed by atoms with Gasteiger partial charge in [-0.2, -0.15) is 5.26 Å². The third kappa shape index (κ3) is 1.88. The first kappa shape index (κ1) is 11.3. The molecule has 1 aromatic rings. The Kier molecular flexibility index (Phi) is 3.07. The van der Waals surface area contributed by atoms with E-state index in [9.17, 15) is 0 Å². The molecule has 1 aliphatic rings. The second-order valence-corrected chi connectivity index (χ2v) is 4.91. The minimum absolute atomic E-state index is 0.477. The van der Waals surface area contributed by atoms with Gasteiger partial charge in [-0.1, -0.05) is 18.5 Å². The monoisotopic (exact) mass is 234 g/mol. The van der Waals surface area contributed by atoms with Crippen molar-refractivity contribution < 1.29 is 0 Å². The molecule has 1 heterocycles. The average molecular weight is 235 g/mol. The van der Waals surface area contributed by atoms with Gasteiger partial charge in [0.05, 0.1) is 11.3 Å². The van der Waals surface area contributed by atoms with E-state index in [0.717, 1.165) is 12.2 Å². The lowest BCUT2D eigenvalue weighted by Crippen LogP contribution is -2.29. The summed E-state index contributed by atoms with van der Waals surface area (Å²) in [5, 5.41) is 9.80. The summed E-state index contributed by atoms with van der Waals surface area (Å²) in [6, 6.07) is 8.18. The van der Waals surface area contributed by atoms with E-state index in [2.05, 4.69) is 24.8 Å². The summed E-state index contributed by atoms with van der Waals surface area (Å²) in [4.78, 5) is 2.29. The van der Waals surface area contributed by atoms with Crippen LogP contribution in [0.3, 0.4) is 0 Å². The first-order chi connectivity index (χ1) is 7.63. The van der Waals surface area contributed by atoms with Gasteiger partial charge in [-0.3, -0.25) is 0 Å². The summed E-state index contributed by atoms with van der Waals surface area (Å²) < 4.78 is 0. The van der Waals surface area contributed by atoms with Crippen LogP contribution in [-0.4, -0.2) is 12.6 Å². The second-order valence-electron chi connectivity index (χ2n) is 4.47. The molecule has 1 fully saturated rings. The molecule has 2 unspecified atom stereocenters. The van der Waals surface area contributed by atoms with Crippen molar-refractivity contribution in [3.63, 3.8) is 0 Å². The van der Waals surface area contributed by atoms with Gasteiger partial charge < -0.3 is 4.90 Å². The molecule has 2 rings (SSSR count). The third-order valence-electron chi connectivity index (χ3n) is 3.53. The Morgan fingerprint density at radius 1 is 1.44 bits per heavy atom. The molecule has 1 saturated heterocycles. The molecule has 0 aliphatic carbocycles. The Bertz CT molecular complexity index is 436. The van der Waals surface area contributed by atoms with Crippen LogP contribution in [0, 0.1) is 17.2 Å². The van der Waals surface area contributed by atoms with Crippen molar-refractivity contribution in [3.05, 3.63) is 28.8 Å². The van der Waals surface area contributed by atoms with Gasteiger partial charge in [0.25, 0.3) is 0 Å². The lowest BCUT2D eigenvalue weighted by atomic mass is 10.0. The number of hydrogen-bond acceptors (Lipinski definition) is 2. The molecule has 0 bridgehead atoms. The van der Waals surface area contributed by atoms with Gasteiger partial charge in [-0.05, 0) is 37.5 Å². The van der Waals surface area contributed by atoms with Gasteiger partial charge in [-0.15, -0.1) is 0 Å². The number of halogens is 1. The van der Waals surface area contributed by atoms with Gasteiger partial charge in [0.2, 0.25) is 0 Å². The highest BCUT2D eigenvalue weighted by Gasteiger charge is 2.28. The van der Waals surface area contributed by atoms with Gasteiger partial charge in [-0.25, -0.2) is 0 Å². The van der Waals surface area contributed by atoms with E-state index in [1.165, 1.54) is 6.42 Å². The van der Waals surface area contributed by atoms with Crippen LogP contribution < -0.4 is 4.90 Å². The second kappa shape index (κ2) is 4.35. The minimum atomic E-state index is 0.477. The Morgan fingerprint density at radius 3 is 2.75 bits per heavy atom. The SMILES string of the molecule is CC1CCN(c2cc(Cl)ccc2C#N)C1C. The van der Waals surface area contributed by atoms with Crippen LogP contribution in [0.1, 0.15) is 25.8 Å². The van der Waals surface area contributed by atoms with E-state index in [1.807, 2.05) is 6.07 Å². The van der Waals surface area contributed by atoms with Crippen molar-refractivity contribution in [3.8, 4) is 6.07 Å². The van der Waals surface area contributed by atoms with Crippen LogP contribution in [0.5, 0.6) is 0 Å². The smallest absolute Gasteiger partial charge is 0.101 e. The molecule has 84 valence electrons. The normalized spacial score (nSPS) is 24.5. The predicted molar refractivity (Wildman–Crippen MR) is 66.8 cm³/mol. The van der Waals surface area contributed by atoms with E-state index in [4.69, 9.17) is 16.9 Å². The first-order valence-electron chi connectivity index (χ1n) is 5.59. The van der Waals surface area contributed by atoms with Crippen LogP contribution in [0.25, 0.3) is 0 Å². The largest absolute Gasteiger partial charge is 0.367 e. The minimum Gasteiger partial charge on any atom is -0.367 e. The van der Waals surface area contributed by atoms with Crippen LogP contribution in [0.15, 0.2) is 18.2 Å². The maximum Gasteiger partial charge on any atom is 0.101 e. The molecule has 0 spiro atoms. The highest BCUT2D eigenvalue weighted by atomic mass is 35.5. The zero-order valence-electron chi connectivity index (χ0n) is 9.57. The topological polar surface area (TPSA) is 27.0 Å². The molecule has 1 aromatic carbocycles. The summed E-state index contributed by atoms with van der Waals surface area (Å²) in [5.74, 6) is 0.672. The first-order valence-corrected chi connectivity index (χ1v) is 5.97. The lowest BCUT2D eigenvalue weighted by Gasteiger charge is -2.26. The number of rotatable bonds is 1. The lowest BCUT2D eigenvalue weighted by molar-refractivity contribution is 0.546. The maximum absolute atomic E-state index is 9.10. The van der Waals surface area contributed by atoms with Gasteiger partial charge in [0.1, 0.15) is 6.07 Å². The fourth-order valence-electron chi connectivity index (χ4n) is 2.27. The molecular weight excluding hydrogens is 220 g/mol. The standard InChI is InChI=1S/C13H15ClN2/c1-9-5-6-16(10(9)2)13-7-12(14)4-3-11(13)8-15/h3-4,7,9-10H,5-6H2,1-2H3. The molecule has 3 heteroatoms. The van der Waals surface area contributed by atoms with E-state index in [1.54, 1.807) is 12.1 Å². The number of benzene rings is 1. The fraction of sp³-hybridized carbons (Fsp3) is 0.462. The van der Waals surface area contributed by atoms with Crippen molar-refractivity contribution in [1.29, 1.82) is 5.26 Å². The molecule has 2 nitrogen and oxygen atoms in total. The van der Waals surface area contributed by atoms with Crippen molar-refractivity contribution in [2.45, 2.75) is 26.3 Å². The summed E-state index contributed by atoms with van der Waals surface area (Å²) in [7, 11) is 0. The molecule has 1 aliphatic heterocycles. The zero-order valence-corrected chi connectivity index (χ0v) is 10.3. The number of nitrogens with zero attached hydrogens (tertiary/aromatic N) is 2. The maximum atomic E-state index is 9.10. The quantitative estimate of drug-likeness (QED) is 0.744.